The number of carboxylic acids is 1. The molecule has 0 fully saturated rings. The summed E-state index contributed by atoms with van der Waals surface area (Å²) in [4.78, 5) is 11.2. The monoisotopic (exact) mass is 334 g/mol. The summed E-state index contributed by atoms with van der Waals surface area (Å²) in [6.07, 6.45) is 0. The maximum atomic E-state index is 11.2. The quantitative estimate of drug-likeness (QED) is 0.741. The van der Waals surface area contributed by atoms with E-state index in [-0.39, 0.29) is 11.6 Å². The van der Waals surface area contributed by atoms with Crippen LogP contribution < -0.4 is 11.1 Å². The van der Waals surface area contributed by atoms with Gasteiger partial charge in [0.25, 0.3) is 0 Å². The van der Waals surface area contributed by atoms with Crippen molar-refractivity contribution >= 4 is 33.3 Å². The van der Waals surface area contributed by atoms with Crippen LogP contribution in [-0.4, -0.2) is 11.1 Å². The number of carbonyl (C=O) groups is 1. The Morgan fingerprint density at radius 1 is 1.30 bits per heavy atom. The number of anilines is 2. The van der Waals surface area contributed by atoms with Crippen LogP contribution in [0.25, 0.3) is 0 Å². The maximum absolute atomic E-state index is 11.2. The van der Waals surface area contributed by atoms with Crippen LogP contribution in [0, 0.1) is 0 Å². The Labute approximate surface area is 125 Å². The number of nitrogen functional groups attached to an aromatic ring is 1. The number of nitrogens with two attached hydrogens (primary N) is 1. The lowest BCUT2D eigenvalue weighted by Crippen LogP contribution is -2.11. The number of nitrogens with one attached hydrogen (secondary N) is 1. The summed E-state index contributed by atoms with van der Waals surface area (Å²) < 4.78 is 0.981. The average molecular weight is 335 g/mol. The molecule has 0 aliphatic heterocycles. The van der Waals surface area contributed by atoms with Crippen LogP contribution in [0.15, 0.2) is 46.9 Å². The van der Waals surface area contributed by atoms with E-state index in [1.807, 2.05) is 31.2 Å². The van der Waals surface area contributed by atoms with Crippen molar-refractivity contribution in [2.24, 2.45) is 0 Å². The van der Waals surface area contributed by atoms with Gasteiger partial charge in [0.1, 0.15) is 0 Å². The second-order valence-electron chi connectivity index (χ2n) is 4.53. The molecule has 2 aromatic carbocycles. The highest BCUT2D eigenvalue weighted by Crippen LogP contribution is 2.26. The lowest BCUT2D eigenvalue weighted by atomic mass is 10.1. The molecule has 0 spiro atoms. The molecule has 4 N–H and O–H groups in total. The molecule has 2 aromatic rings. The van der Waals surface area contributed by atoms with Gasteiger partial charge in [0.2, 0.25) is 0 Å². The fourth-order valence-corrected chi connectivity index (χ4v) is 2.38. The van der Waals surface area contributed by atoms with Crippen molar-refractivity contribution in [2.75, 3.05) is 11.1 Å². The van der Waals surface area contributed by atoms with Gasteiger partial charge in [-0.05, 0) is 42.8 Å². The molecule has 0 amide bonds. The van der Waals surface area contributed by atoms with Gasteiger partial charge in [-0.25, -0.2) is 4.79 Å². The Balaban J connectivity index is 2.29. The Kier molecular flexibility index (Phi) is 4.29. The van der Waals surface area contributed by atoms with Gasteiger partial charge >= 0.3 is 5.97 Å². The zero-order chi connectivity index (χ0) is 14.7. The van der Waals surface area contributed by atoms with Crippen molar-refractivity contribution < 1.29 is 9.90 Å². The number of hydrogen-bond donors (Lipinski definition) is 3. The van der Waals surface area contributed by atoms with Crippen molar-refractivity contribution in [1.82, 2.24) is 0 Å². The predicted octanol–water partition coefficient (Wildman–Crippen LogP) is 3.90. The van der Waals surface area contributed by atoms with Gasteiger partial charge < -0.3 is 16.2 Å². The molecule has 104 valence electrons. The molecule has 4 nitrogen and oxygen atoms in total. The minimum Gasteiger partial charge on any atom is -0.478 e. The smallest absolute Gasteiger partial charge is 0.337 e. The zero-order valence-electron chi connectivity index (χ0n) is 10.9. The van der Waals surface area contributed by atoms with Crippen LogP contribution in [0.2, 0.25) is 0 Å². The Hall–Kier alpha value is -2.01. The number of halogens is 1. The van der Waals surface area contributed by atoms with Crippen molar-refractivity contribution in [2.45, 2.75) is 13.0 Å². The summed E-state index contributed by atoms with van der Waals surface area (Å²) in [6, 6.07) is 12.5. The maximum Gasteiger partial charge on any atom is 0.337 e. The van der Waals surface area contributed by atoms with E-state index < -0.39 is 5.97 Å². The fraction of sp³-hybridized carbons (Fsp3) is 0.133. The van der Waals surface area contributed by atoms with Crippen molar-refractivity contribution in [3.05, 3.63) is 58.1 Å². The first-order chi connectivity index (χ1) is 9.47. The lowest BCUT2D eigenvalue weighted by Gasteiger charge is -2.18. The third-order valence-electron chi connectivity index (χ3n) is 2.99. The van der Waals surface area contributed by atoms with Crippen molar-refractivity contribution in [3.63, 3.8) is 0 Å². The summed E-state index contributed by atoms with van der Waals surface area (Å²) in [5.41, 5.74) is 8.03. The number of carboxylic acid groups (broad SMARTS) is 1. The molecule has 2 rings (SSSR count). The Bertz CT molecular complexity index is 644. The van der Waals surface area contributed by atoms with E-state index in [2.05, 4.69) is 21.2 Å². The molecular weight excluding hydrogens is 320 g/mol. The second-order valence-corrected chi connectivity index (χ2v) is 5.45. The topological polar surface area (TPSA) is 75.3 Å². The predicted molar refractivity (Wildman–Crippen MR) is 84.0 cm³/mol. The fourth-order valence-electron chi connectivity index (χ4n) is 1.96. The molecule has 0 aromatic heterocycles. The number of rotatable bonds is 4. The van der Waals surface area contributed by atoms with E-state index in [0.29, 0.717) is 11.4 Å². The summed E-state index contributed by atoms with van der Waals surface area (Å²) >= 11 is 3.42. The Morgan fingerprint density at radius 2 is 2.05 bits per heavy atom. The van der Waals surface area contributed by atoms with Crippen LogP contribution in [0.3, 0.4) is 0 Å². The van der Waals surface area contributed by atoms with E-state index in [1.165, 1.54) is 6.07 Å². The van der Waals surface area contributed by atoms with Crippen molar-refractivity contribution in [1.29, 1.82) is 0 Å². The molecular formula is C15H15BrN2O2. The number of benzene rings is 2. The van der Waals surface area contributed by atoms with Gasteiger partial charge in [0, 0.05) is 16.2 Å². The standard InChI is InChI=1S/C15H15BrN2O2/c1-9(10-3-2-4-11(16)7-10)18-14-8-12(17)5-6-13(14)15(19)20/h2-9,18H,17H2,1H3,(H,19,20). The van der Waals surface area contributed by atoms with Crippen LogP contribution in [0.1, 0.15) is 28.9 Å². The van der Waals surface area contributed by atoms with E-state index in [0.717, 1.165) is 10.0 Å². The SMILES string of the molecule is CC(Nc1cc(N)ccc1C(=O)O)c1cccc(Br)c1. The largest absolute Gasteiger partial charge is 0.478 e. The van der Waals surface area contributed by atoms with Gasteiger partial charge in [-0.15, -0.1) is 0 Å². The van der Waals surface area contributed by atoms with E-state index in [4.69, 9.17) is 5.73 Å². The van der Waals surface area contributed by atoms with Crippen LogP contribution >= 0.6 is 15.9 Å². The molecule has 20 heavy (non-hydrogen) atoms. The lowest BCUT2D eigenvalue weighted by molar-refractivity contribution is 0.0698. The Morgan fingerprint density at radius 3 is 2.70 bits per heavy atom. The van der Waals surface area contributed by atoms with E-state index in [1.54, 1.807) is 12.1 Å². The molecule has 0 aliphatic rings. The van der Waals surface area contributed by atoms with Crippen LogP contribution in [-0.2, 0) is 0 Å². The minimum absolute atomic E-state index is 0.0348. The highest BCUT2D eigenvalue weighted by Gasteiger charge is 2.13. The molecule has 0 radical (unpaired) electrons. The van der Waals surface area contributed by atoms with Gasteiger partial charge in [0.05, 0.1) is 11.3 Å². The minimum atomic E-state index is -0.978. The molecule has 1 atom stereocenters. The third kappa shape index (κ3) is 3.30. The second kappa shape index (κ2) is 5.96. The molecule has 0 saturated heterocycles. The number of hydrogen-bond acceptors (Lipinski definition) is 3. The molecule has 0 saturated carbocycles. The highest BCUT2D eigenvalue weighted by molar-refractivity contribution is 9.10. The summed E-state index contributed by atoms with van der Waals surface area (Å²) in [7, 11) is 0. The summed E-state index contributed by atoms with van der Waals surface area (Å²) in [5, 5.41) is 12.4. The molecule has 1 unspecified atom stereocenters. The summed E-state index contributed by atoms with van der Waals surface area (Å²) in [6.45, 7) is 1.97. The van der Waals surface area contributed by atoms with Gasteiger partial charge in [-0.2, -0.15) is 0 Å². The summed E-state index contributed by atoms with van der Waals surface area (Å²) in [5.74, 6) is -0.978. The molecule has 0 bridgehead atoms. The van der Waals surface area contributed by atoms with Gasteiger partial charge in [-0.3, -0.25) is 0 Å². The molecule has 0 aliphatic carbocycles. The third-order valence-corrected chi connectivity index (χ3v) is 3.49. The van der Waals surface area contributed by atoms with Crippen LogP contribution in [0.4, 0.5) is 11.4 Å². The number of aromatic carboxylic acids is 1. The molecule has 5 heteroatoms. The highest BCUT2D eigenvalue weighted by atomic mass is 79.9. The molecule has 0 heterocycles. The van der Waals surface area contributed by atoms with E-state index in [9.17, 15) is 9.90 Å². The van der Waals surface area contributed by atoms with Gasteiger partial charge in [-0.1, -0.05) is 28.1 Å². The first-order valence-electron chi connectivity index (χ1n) is 6.12. The average Bonchev–Trinajstić information content (AvgIpc) is 2.38. The first kappa shape index (κ1) is 14.4. The normalized spacial score (nSPS) is 11.9. The zero-order valence-corrected chi connectivity index (χ0v) is 12.5. The first-order valence-corrected chi connectivity index (χ1v) is 6.91. The van der Waals surface area contributed by atoms with Crippen LogP contribution in [0.5, 0.6) is 0 Å². The van der Waals surface area contributed by atoms with E-state index >= 15 is 0 Å². The van der Waals surface area contributed by atoms with Gasteiger partial charge in [0.15, 0.2) is 0 Å². The van der Waals surface area contributed by atoms with Crippen molar-refractivity contribution in [3.8, 4) is 0 Å².